The van der Waals surface area contributed by atoms with E-state index in [0.717, 1.165) is 64.3 Å². The Morgan fingerprint density at radius 2 is 0.902 bits per heavy atom. The van der Waals surface area contributed by atoms with E-state index in [1.807, 2.05) is 6.08 Å². The molecule has 0 saturated heterocycles. The van der Waals surface area contributed by atoms with E-state index < -0.39 is 0 Å². The highest BCUT2D eigenvalue weighted by atomic mass is 15.2. The van der Waals surface area contributed by atoms with Gasteiger partial charge in [-0.05, 0) is 166 Å². The van der Waals surface area contributed by atoms with Gasteiger partial charge in [-0.15, -0.1) is 0 Å². The van der Waals surface area contributed by atoms with Crippen molar-refractivity contribution in [2.75, 3.05) is 9.80 Å². The van der Waals surface area contributed by atoms with Crippen molar-refractivity contribution in [2.24, 2.45) is 5.92 Å². The number of anilines is 6. The van der Waals surface area contributed by atoms with Gasteiger partial charge in [0.15, 0.2) is 0 Å². The van der Waals surface area contributed by atoms with Gasteiger partial charge in [-0.3, -0.25) is 0 Å². The molecule has 1 aliphatic carbocycles. The monoisotopic (exact) mass is 1060 g/mol. The van der Waals surface area contributed by atoms with Crippen LogP contribution in [0, 0.1) is 19.8 Å². The molecule has 1 aliphatic rings. The summed E-state index contributed by atoms with van der Waals surface area (Å²) in [5.41, 5.74) is 23.8. The molecule has 0 heterocycles. The molecule has 9 aromatic carbocycles. The fourth-order valence-corrected chi connectivity index (χ4v) is 10.9. The predicted molar refractivity (Wildman–Crippen MR) is 357 cm³/mol. The second kappa shape index (κ2) is 27.4. The molecule has 0 aliphatic heterocycles. The summed E-state index contributed by atoms with van der Waals surface area (Å²) in [6.07, 6.45) is 33.1. The molecule has 10 rings (SSSR count). The van der Waals surface area contributed by atoms with Gasteiger partial charge in [0.1, 0.15) is 0 Å². The van der Waals surface area contributed by atoms with Gasteiger partial charge in [0.25, 0.3) is 0 Å². The summed E-state index contributed by atoms with van der Waals surface area (Å²) in [6.45, 7) is 13.0. The zero-order valence-corrected chi connectivity index (χ0v) is 47.7. The van der Waals surface area contributed by atoms with E-state index in [9.17, 15) is 0 Å². The van der Waals surface area contributed by atoms with Crippen LogP contribution in [0.4, 0.5) is 34.1 Å². The Labute approximate surface area is 488 Å². The lowest BCUT2D eigenvalue weighted by atomic mass is 9.86. The van der Waals surface area contributed by atoms with Crippen LogP contribution in [-0.4, -0.2) is 0 Å². The topological polar surface area (TPSA) is 6.48 Å². The molecule has 402 valence electrons. The number of benzene rings is 9. The first-order valence-electron chi connectivity index (χ1n) is 28.8. The highest BCUT2D eigenvalue weighted by Gasteiger charge is 2.20. The minimum Gasteiger partial charge on any atom is -0.310 e. The minimum atomic E-state index is 0.337. The Kier molecular flexibility index (Phi) is 18.6. The zero-order valence-electron chi connectivity index (χ0n) is 47.7. The lowest BCUT2D eigenvalue weighted by Gasteiger charge is -2.29. The number of rotatable bonds is 20. The second-order valence-corrected chi connectivity index (χ2v) is 20.8. The summed E-state index contributed by atoms with van der Waals surface area (Å²) in [4.78, 5) is 4.82. The smallest absolute Gasteiger partial charge is 0.0522 e. The molecule has 0 N–H and O–H groups in total. The van der Waals surface area contributed by atoms with Gasteiger partial charge in [-0.25, -0.2) is 0 Å². The van der Waals surface area contributed by atoms with Gasteiger partial charge < -0.3 is 9.80 Å². The molecule has 1 atom stereocenters. The quantitative estimate of drug-likeness (QED) is 0.0554. The van der Waals surface area contributed by atoms with Crippen LogP contribution in [0.2, 0.25) is 0 Å². The zero-order chi connectivity index (χ0) is 56.5. The molecule has 9 aromatic rings. The Hall–Kier alpha value is -9.76. The first-order valence-corrected chi connectivity index (χ1v) is 28.8. The number of para-hydroxylation sites is 2. The van der Waals surface area contributed by atoms with Gasteiger partial charge in [-0.1, -0.05) is 275 Å². The number of hydrogen-bond donors (Lipinski definition) is 0. The molecule has 2 nitrogen and oxygen atoms in total. The summed E-state index contributed by atoms with van der Waals surface area (Å²) < 4.78 is 0. The molecular formula is C80H72N2. The average Bonchev–Trinajstić information content (AvgIpc) is 3.70. The lowest BCUT2D eigenvalue weighted by Crippen LogP contribution is -2.13. The maximum Gasteiger partial charge on any atom is 0.0522 e. The molecule has 1 unspecified atom stereocenters. The van der Waals surface area contributed by atoms with Gasteiger partial charge >= 0.3 is 0 Å². The molecular weight excluding hydrogens is 989 g/mol. The number of aryl methyl sites for hydroxylation is 4. The van der Waals surface area contributed by atoms with E-state index in [1.54, 1.807) is 0 Å². The Balaban J connectivity index is 0.839. The van der Waals surface area contributed by atoms with Crippen molar-refractivity contribution in [3.05, 3.63) is 359 Å². The van der Waals surface area contributed by atoms with Crippen LogP contribution in [0.25, 0.3) is 35.5 Å². The standard InChI is InChI=1S/C80H72N2/c1-6-62(40-41-64-44-52-74(53-45-64)82(80-61(5)27-25-39-68(80)8-3)76-56-48-66(49-57-76)59-78(71-34-20-12-21-35-71)72-36-22-13-23-37-72)28-14-9-15-29-63-42-50-73(51-43-63)81(79-60(4)26-24-38-67(79)7-2)75-54-46-65(47-55-75)58-77(69-30-16-10-17-31-69)70-32-18-11-19-33-70/h6,9-32,34-59,70H,1,7-8,33H2,2-5H3/b14-9+,29-15+,41-40+,62-28+,77-58-. The predicted octanol–water partition coefficient (Wildman–Crippen LogP) is 22.0. The van der Waals surface area contributed by atoms with Gasteiger partial charge in [0.05, 0.1) is 11.4 Å². The third-order valence-corrected chi connectivity index (χ3v) is 15.3. The fourth-order valence-electron chi connectivity index (χ4n) is 10.9. The van der Waals surface area contributed by atoms with E-state index in [2.05, 4.69) is 348 Å². The maximum atomic E-state index is 4.14. The van der Waals surface area contributed by atoms with E-state index in [0.29, 0.717) is 5.92 Å². The summed E-state index contributed by atoms with van der Waals surface area (Å²) in [5, 5.41) is 0. The van der Waals surface area contributed by atoms with E-state index in [1.165, 1.54) is 67.0 Å². The van der Waals surface area contributed by atoms with Crippen molar-refractivity contribution < 1.29 is 0 Å². The van der Waals surface area contributed by atoms with E-state index in [-0.39, 0.29) is 0 Å². The van der Waals surface area contributed by atoms with Gasteiger partial charge in [-0.2, -0.15) is 0 Å². The molecule has 0 spiro atoms. The van der Waals surface area contributed by atoms with Crippen LogP contribution in [0.5, 0.6) is 0 Å². The Morgan fingerprint density at radius 3 is 1.35 bits per heavy atom. The summed E-state index contributed by atoms with van der Waals surface area (Å²) in [5.74, 6) is 0.337. The third kappa shape index (κ3) is 13.6. The van der Waals surface area contributed by atoms with E-state index >= 15 is 0 Å². The SMILES string of the molecule is C=CC(/C=C/c1ccc(N(c2ccc(C=C(c3ccccc3)c3ccccc3)cc2)c2c(C)cccc2CC)cc1)=C\C=C\C=C\c1ccc(N(c2ccc(/C=C(/c3ccccc3)C3C=CC=CC3)cc2)c2c(C)cccc2CC)cc1. The van der Waals surface area contributed by atoms with Gasteiger partial charge in [0, 0.05) is 28.7 Å². The van der Waals surface area contributed by atoms with Crippen molar-refractivity contribution in [2.45, 2.75) is 47.0 Å². The van der Waals surface area contributed by atoms with Crippen LogP contribution in [0.15, 0.2) is 297 Å². The molecule has 0 amide bonds. The second-order valence-electron chi connectivity index (χ2n) is 20.8. The van der Waals surface area contributed by atoms with Crippen LogP contribution >= 0.6 is 0 Å². The van der Waals surface area contributed by atoms with Crippen molar-refractivity contribution in [1.29, 1.82) is 0 Å². The largest absolute Gasteiger partial charge is 0.310 e. The first-order chi connectivity index (χ1) is 40.4. The van der Waals surface area contributed by atoms with Crippen LogP contribution < -0.4 is 9.80 Å². The van der Waals surface area contributed by atoms with Crippen molar-refractivity contribution in [3.63, 3.8) is 0 Å². The molecule has 0 fully saturated rings. The summed E-state index contributed by atoms with van der Waals surface area (Å²) >= 11 is 0. The first kappa shape index (κ1) is 55.6. The normalized spacial score (nSPS) is 13.5. The highest BCUT2D eigenvalue weighted by molar-refractivity contribution is 5.92. The van der Waals surface area contributed by atoms with Crippen LogP contribution in [0.1, 0.15) is 81.5 Å². The average molecular weight is 1060 g/mol. The lowest BCUT2D eigenvalue weighted by molar-refractivity contribution is 0.846. The molecule has 0 bridgehead atoms. The molecule has 0 radical (unpaired) electrons. The van der Waals surface area contributed by atoms with Crippen molar-refractivity contribution >= 4 is 69.6 Å². The Bertz CT molecular complexity index is 3790. The Morgan fingerprint density at radius 1 is 0.451 bits per heavy atom. The van der Waals surface area contributed by atoms with Crippen molar-refractivity contribution in [1.82, 2.24) is 0 Å². The number of allylic oxidation sites excluding steroid dienone is 12. The molecule has 0 saturated carbocycles. The molecule has 82 heavy (non-hydrogen) atoms. The molecule has 2 heteroatoms. The minimum absolute atomic E-state index is 0.337. The van der Waals surface area contributed by atoms with Crippen LogP contribution in [-0.2, 0) is 12.8 Å². The number of nitrogens with zero attached hydrogens (tertiary/aromatic N) is 2. The van der Waals surface area contributed by atoms with E-state index in [4.69, 9.17) is 0 Å². The highest BCUT2D eigenvalue weighted by Crippen LogP contribution is 2.42. The van der Waals surface area contributed by atoms with Crippen molar-refractivity contribution in [3.8, 4) is 0 Å². The maximum absolute atomic E-state index is 4.14. The van der Waals surface area contributed by atoms with Gasteiger partial charge in [0.2, 0.25) is 0 Å². The fraction of sp³-hybridized carbons (Fsp3) is 0.100. The summed E-state index contributed by atoms with van der Waals surface area (Å²) in [6, 6.07) is 81.1. The third-order valence-electron chi connectivity index (χ3n) is 15.3. The molecule has 0 aromatic heterocycles. The van der Waals surface area contributed by atoms with Crippen LogP contribution in [0.3, 0.4) is 0 Å². The number of hydrogen-bond acceptors (Lipinski definition) is 2. The summed E-state index contributed by atoms with van der Waals surface area (Å²) in [7, 11) is 0.